The van der Waals surface area contributed by atoms with Crippen LogP contribution in [0.25, 0.3) is 0 Å². The maximum Gasteiger partial charge on any atom is 0.256 e. The summed E-state index contributed by atoms with van der Waals surface area (Å²) in [6.07, 6.45) is 0. The maximum atomic E-state index is 10.3. The standard InChI is InChI=1S/C3H2I3NO/c4-1(2(5)6)3(7)8/h(H2,7,8). The van der Waals surface area contributed by atoms with Crippen LogP contribution >= 0.6 is 67.8 Å². The van der Waals surface area contributed by atoms with Gasteiger partial charge in [0.05, 0.1) is 5.17 Å². The molecule has 0 fully saturated rings. The molecule has 0 aromatic heterocycles. The molecule has 0 bridgehead atoms. The van der Waals surface area contributed by atoms with Crippen molar-refractivity contribution in [3.8, 4) is 0 Å². The smallest absolute Gasteiger partial charge is 0.256 e. The molecule has 1 amide bonds. The number of amides is 1. The molecule has 0 unspecified atom stereocenters. The summed E-state index contributed by atoms with van der Waals surface area (Å²) in [5, 5.41) is 0. The van der Waals surface area contributed by atoms with E-state index in [4.69, 9.17) is 5.73 Å². The van der Waals surface area contributed by atoms with Gasteiger partial charge < -0.3 is 5.73 Å². The molecule has 0 heterocycles. The van der Waals surface area contributed by atoms with Crippen LogP contribution in [0.15, 0.2) is 5.17 Å². The van der Waals surface area contributed by atoms with Gasteiger partial charge in [-0.3, -0.25) is 4.79 Å². The number of halogens is 3. The Morgan fingerprint density at radius 2 is 1.62 bits per heavy atom. The molecule has 2 N–H and O–H groups in total. The van der Waals surface area contributed by atoms with E-state index in [9.17, 15) is 4.79 Å². The molecule has 0 radical (unpaired) electrons. The minimum atomic E-state index is -0.357. The van der Waals surface area contributed by atoms with Crippen molar-refractivity contribution in [2.24, 2.45) is 5.73 Å². The molecule has 2 nitrogen and oxygen atoms in total. The van der Waals surface area contributed by atoms with Crippen molar-refractivity contribution in [3.63, 3.8) is 0 Å². The zero-order valence-electron chi connectivity index (χ0n) is 3.62. The predicted molar refractivity (Wildman–Crippen MR) is 58.3 cm³/mol. The van der Waals surface area contributed by atoms with Crippen molar-refractivity contribution >= 4 is 73.7 Å². The van der Waals surface area contributed by atoms with E-state index in [0.717, 1.165) is 1.59 Å². The first-order valence-electron chi connectivity index (χ1n) is 1.56. The van der Waals surface area contributed by atoms with E-state index >= 15 is 0 Å². The van der Waals surface area contributed by atoms with Crippen LogP contribution in [0.4, 0.5) is 0 Å². The Morgan fingerprint density at radius 1 is 1.25 bits per heavy atom. The lowest BCUT2D eigenvalue weighted by Gasteiger charge is -1.88. The van der Waals surface area contributed by atoms with Crippen LogP contribution in [-0.4, -0.2) is 5.91 Å². The van der Waals surface area contributed by atoms with Crippen LogP contribution in [-0.2, 0) is 4.79 Å². The highest BCUT2D eigenvalue weighted by Crippen LogP contribution is 2.24. The highest BCUT2D eigenvalue weighted by atomic mass is 127. The van der Waals surface area contributed by atoms with Crippen molar-refractivity contribution in [1.82, 2.24) is 0 Å². The summed E-state index contributed by atoms with van der Waals surface area (Å²) in [7, 11) is 0. The molecule has 0 saturated heterocycles. The lowest BCUT2D eigenvalue weighted by atomic mass is 10.6. The second kappa shape index (κ2) is 4.25. The molecule has 0 atom stereocenters. The third kappa shape index (κ3) is 3.43. The second-order valence-electron chi connectivity index (χ2n) is 0.939. The van der Waals surface area contributed by atoms with Crippen LogP contribution in [0, 0.1) is 0 Å². The van der Waals surface area contributed by atoms with Crippen molar-refractivity contribution in [3.05, 3.63) is 5.17 Å². The summed E-state index contributed by atoms with van der Waals surface area (Å²) in [5.74, 6) is -0.357. The zero-order valence-corrected chi connectivity index (χ0v) is 10.1. The van der Waals surface area contributed by atoms with Crippen LogP contribution in [0.5, 0.6) is 0 Å². The van der Waals surface area contributed by atoms with Gasteiger partial charge in [-0.2, -0.15) is 0 Å². The van der Waals surface area contributed by atoms with Gasteiger partial charge in [-0.1, -0.05) is 0 Å². The third-order valence-corrected chi connectivity index (χ3v) is 4.60. The van der Waals surface area contributed by atoms with E-state index in [1.54, 1.807) is 0 Å². The highest BCUT2D eigenvalue weighted by molar-refractivity contribution is 14.2. The predicted octanol–water partition coefficient (Wildman–Crippen LogP) is 1.95. The first kappa shape index (κ1) is 9.40. The summed E-state index contributed by atoms with van der Waals surface area (Å²) in [4.78, 5) is 10.3. The van der Waals surface area contributed by atoms with Crippen molar-refractivity contribution in [1.29, 1.82) is 0 Å². The van der Waals surface area contributed by atoms with Crippen LogP contribution in [0.2, 0.25) is 0 Å². The van der Waals surface area contributed by atoms with Crippen LogP contribution in [0.3, 0.4) is 0 Å². The molecule has 0 saturated carbocycles. The molecule has 46 valence electrons. The molecule has 0 spiro atoms. The fourth-order valence-electron chi connectivity index (χ4n) is 0.0931. The molecule has 0 aliphatic heterocycles. The minimum absolute atomic E-state index is 0.357. The van der Waals surface area contributed by atoms with Gasteiger partial charge in [-0.25, -0.2) is 0 Å². The lowest BCUT2D eigenvalue weighted by molar-refractivity contribution is -0.113. The topological polar surface area (TPSA) is 43.1 Å². The molecule has 0 aromatic carbocycles. The number of carbonyl (C=O) groups excluding carboxylic acids is 1. The Morgan fingerprint density at radius 3 is 1.62 bits per heavy atom. The van der Waals surface area contributed by atoms with Gasteiger partial charge in [0.1, 0.15) is 0 Å². The molecular formula is C3H2I3NO. The van der Waals surface area contributed by atoms with Gasteiger partial charge in [0.2, 0.25) is 0 Å². The average molecular weight is 449 g/mol. The van der Waals surface area contributed by atoms with Gasteiger partial charge >= 0.3 is 0 Å². The number of nitrogens with two attached hydrogens (primary N) is 1. The van der Waals surface area contributed by atoms with Crippen LogP contribution in [0.1, 0.15) is 0 Å². The summed E-state index contributed by atoms with van der Waals surface area (Å²) in [6.45, 7) is 0. The van der Waals surface area contributed by atoms with Gasteiger partial charge in [0, 0.05) is 0 Å². The van der Waals surface area contributed by atoms with E-state index in [1.807, 2.05) is 67.8 Å². The molecule has 8 heavy (non-hydrogen) atoms. The number of carbonyl (C=O) groups is 1. The third-order valence-electron chi connectivity index (χ3n) is 0.382. The van der Waals surface area contributed by atoms with Crippen LogP contribution < -0.4 is 5.73 Å². The molecule has 0 rings (SSSR count). The van der Waals surface area contributed by atoms with Gasteiger partial charge in [0.15, 0.2) is 0 Å². The summed E-state index contributed by atoms with van der Waals surface area (Å²) >= 11 is 5.99. The van der Waals surface area contributed by atoms with Crippen molar-refractivity contribution < 1.29 is 4.79 Å². The fraction of sp³-hybridized carbons (Fsp3) is 0. The SMILES string of the molecule is NC(=O)C(I)=C(I)I. The molecule has 0 aliphatic carbocycles. The first-order chi connectivity index (χ1) is 3.55. The zero-order chi connectivity index (χ0) is 6.73. The summed E-state index contributed by atoms with van der Waals surface area (Å²) < 4.78 is 1.51. The quantitative estimate of drug-likeness (QED) is 0.484. The average Bonchev–Trinajstić information content (AvgIpc) is 1.64. The Bertz CT molecular complexity index is 137. The number of hydrogen-bond acceptors (Lipinski definition) is 1. The molecular weight excluding hydrogens is 447 g/mol. The Labute approximate surface area is 88.1 Å². The van der Waals surface area contributed by atoms with E-state index in [1.165, 1.54) is 0 Å². The maximum absolute atomic E-state index is 10.3. The Hall–Kier alpha value is 1.40. The minimum Gasteiger partial charge on any atom is -0.365 e. The molecule has 5 heteroatoms. The fourth-order valence-corrected chi connectivity index (χ4v) is 0.625. The normalized spacial score (nSPS) is 8.38. The molecule has 0 aliphatic rings. The van der Waals surface area contributed by atoms with E-state index in [-0.39, 0.29) is 5.91 Å². The highest BCUT2D eigenvalue weighted by Gasteiger charge is 2.01. The second-order valence-corrected chi connectivity index (χ2v) is 6.24. The number of rotatable bonds is 1. The summed E-state index contributed by atoms with van der Waals surface area (Å²) in [6, 6.07) is 0. The van der Waals surface area contributed by atoms with E-state index < -0.39 is 0 Å². The first-order valence-corrected chi connectivity index (χ1v) is 4.80. The summed E-state index contributed by atoms with van der Waals surface area (Å²) in [5.41, 5.74) is 4.92. The largest absolute Gasteiger partial charge is 0.365 e. The van der Waals surface area contributed by atoms with Crippen molar-refractivity contribution in [2.45, 2.75) is 0 Å². The van der Waals surface area contributed by atoms with Gasteiger partial charge in [-0.05, 0) is 67.8 Å². The van der Waals surface area contributed by atoms with E-state index in [0.29, 0.717) is 3.58 Å². The lowest BCUT2D eigenvalue weighted by Crippen LogP contribution is -2.09. The van der Waals surface area contributed by atoms with Gasteiger partial charge in [-0.15, -0.1) is 0 Å². The van der Waals surface area contributed by atoms with E-state index in [2.05, 4.69) is 0 Å². The van der Waals surface area contributed by atoms with Gasteiger partial charge in [0.25, 0.3) is 5.91 Å². The Balaban J connectivity index is 4.23. The Kier molecular flexibility index (Phi) is 5.00. The number of hydrogen-bond donors (Lipinski definition) is 1. The number of primary amides is 1. The molecule has 0 aromatic rings. The van der Waals surface area contributed by atoms with Crippen molar-refractivity contribution in [2.75, 3.05) is 0 Å². The monoisotopic (exact) mass is 449 g/mol.